The number of carbonyl (C=O) groups is 1. The van der Waals surface area contributed by atoms with Crippen molar-refractivity contribution in [2.45, 2.75) is 32.1 Å². The normalized spacial score (nSPS) is 21.8. The highest BCUT2D eigenvalue weighted by atomic mass is 16.2. The Labute approximate surface area is 115 Å². The highest BCUT2D eigenvalue weighted by molar-refractivity contribution is 5.84. The predicted molar refractivity (Wildman–Crippen MR) is 77.8 cm³/mol. The topological polar surface area (TPSA) is 46.3 Å². The predicted octanol–water partition coefficient (Wildman–Crippen LogP) is 2.38. The molecule has 2 N–H and O–H groups in total. The summed E-state index contributed by atoms with van der Waals surface area (Å²) in [5.41, 5.74) is 6.87. The average molecular weight is 260 g/mol. The van der Waals surface area contributed by atoms with Crippen molar-refractivity contribution in [2.24, 2.45) is 11.7 Å². The molecular weight excluding hydrogens is 236 g/mol. The Morgan fingerprint density at radius 1 is 1.32 bits per heavy atom. The molecule has 1 saturated heterocycles. The zero-order chi connectivity index (χ0) is 13.7. The number of nitrogens with zero attached hydrogens (tertiary/aromatic N) is 1. The summed E-state index contributed by atoms with van der Waals surface area (Å²) >= 11 is 0. The van der Waals surface area contributed by atoms with Crippen molar-refractivity contribution < 1.29 is 4.79 Å². The Balaban J connectivity index is 2.08. The van der Waals surface area contributed by atoms with E-state index in [-0.39, 0.29) is 11.8 Å². The van der Waals surface area contributed by atoms with Gasteiger partial charge in [0.1, 0.15) is 0 Å². The first kappa shape index (κ1) is 14.1. The molecule has 0 radical (unpaired) electrons. The van der Waals surface area contributed by atoms with Crippen LogP contribution in [0.2, 0.25) is 0 Å². The second kappa shape index (κ2) is 6.71. The molecule has 2 unspecified atom stereocenters. The van der Waals surface area contributed by atoms with Gasteiger partial charge in [0.15, 0.2) is 0 Å². The third kappa shape index (κ3) is 3.57. The Hall–Kier alpha value is -1.35. The van der Waals surface area contributed by atoms with Crippen molar-refractivity contribution >= 4 is 5.91 Å². The van der Waals surface area contributed by atoms with Gasteiger partial charge in [-0.1, -0.05) is 37.3 Å². The maximum atomic E-state index is 12.6. The summed E-state index contributed by atoms with van der Waals surface area (Å²) in [4.78, 5) is 14.6. The van der Waals surface area contributed by atoms with Gasteiger partial charge in [-0.05, 0) is 30.7 Å². The van der Waals surface area contributed by atoms with E-state index in [4.69, 9.17) is 5.73 Å². The molecule has 0 bridgehead atoms. The largest absolute Gasteiger partial charge is 0.342 e. The number of benzene rings is 1. The lowest BCUT2D eigenvalue weighted by Crippen LogP contribution is -2.38. The third-order valence-electron chi connectivity index (χ3n) is 4.06. The van der Waals surface area contributed by atoms with Gasteiger partial charge in [-0.2, -0.15) is 0 Å². The lowest BCUT2D eigenvalue weighted by Gasteiger charge is -2.25. The first-order valence-corrected chi connectivity index (χ1v) is 7.26. The fraction of sp³-hybridized carbons (Fsp3) is 0.562. The van der Waals surface area contributed by atoms with Gasteiger partial charge in [-0.25, -0.2) is 0 Å². The Kier molecular flexibility index (Phi) is 4.97. The fourth-order valence-electron chi connectivity index (χ4n) is 2.77. The molecule has 2 rings (SSSR count). The van der Waals surface area contributed by atoms with Crippen LogP contribution in [-0.4, -0.2) is 30.4 Å². The molecule has 1 aliphatic heterocycles. The molecule has 3 heteroatoms. The van der Waals surface area contributed by atoms with Crippen LogP contribution in [0.4, 0.5) is 0 Å². The van der Waals surface area contributed by atoms with Gasteiger partial charge in [0.05, 0.1) is 5.92 Å². The minimum absolute atomic E-state index is 0.186. The van der Waals surface area contributed by atoms with Crippen LogP contribution in [0.5, 0.6) is 0 Å². The van der Waals surface area contributed by atoms with Crippen LogP contribution in [0.15, 0.2) is 30.3 Å². The van der Waals surface area contributed by atoms with E-state index in [1.165, 1.54) is 6.42 Å². The smallest absolute Gasteiger partial charge is 0.231 e. The molecule has 1 fully saturated rings. The summed E-state index contributed by atoms with van der Waals surface area (Å²) in [7, 11) is 0. The molecular formula is C16H24N2O. The van der Waals surface area contributed by atoms with Crippen molar-refractivity contribution in [1.82, 2.24) is 4.90 Å². The van der Waals surface area contributed by atoms with Crippen molar-refractivity contribution in [3.05, 3.63) is 35.9 Å². The number of likely N-dealkylation sites (tertiary alicyclic amines) is 1. The summed E-state index contributed by atoms with van der Waals surface area (Å²) in [6, 6.07) is 9.90. The monoisotopic (exact) mass is 260 g/mol. The van der Waals surface area contributed by atoms with E-state index in [0.29, 0.717) is 6.54 Å². The molecule has 0 spiro atoms. The fourth-order valence-corrected chi connectivity index (χ4v) is 2.77. The molecule has 1 amide bonds. The second-order valence-electron chi connectivity index (χ2n) is 5.56. The van der Waals surface area contributed by atoms with E-state index < -0.39 is 0 Å². The van der Waals surface area contributed by atoms with Gasteiger partial charge < -0.3 is 10.6 Å². The van der Waals surface area contributed by atoms with E-state index in [9.17, 15) is 4.79 Å². The van der Waals surface area contributed by atoms with Crippen LogP contribution in [0.3, 0.4) is 0 Å². The molecule has 0 aromatic heterocycles. The molecule has 104 valence electrons. The molecule has 3 nitrogen and oxygen atoms in total. The number of nitrogens with two attached hydrogens (primary N) is 1. The Bertz CT molecular complexity index is 404. The Morgan fingerprint density at radius 2 is 2.05 bits per heavy atom. The van der Waals surface area contributed by atoms with Crippen LogP contribution in [0.25, 0.3) is 0 Å². The molecule has 19 heavy (non-hydrogen) atoms. The highest BCUT2D eigenvalue weighted by Gasteiger charge is 2.26. The van der Waals surface area contributed by atoms with E-state index in [1.807, 2.05) is 35.2 Å². The van der Waals surface area contributed by atoms with Crippen LogP contribution in [0, 0.1) is 5.92 Å². The van der Waals surface area contributed by atoms with Crippen molar-refractivity contribution in [3.63, 3.8) is 0 Å². The summed E-state index contributed by atoms with van der Waals surface area (Å²) in [5, 5.41) is 0. The zero-order valence-corrected chi connectivity index (χ0v) is 11.7. The first-order chi connectivity index (χ1) is 9.22. The van der Waals surface area contributed by atoms with Crippen LogP contribution in [-0.2, 0) is 4.79 Å². The number of carbonyl (C=O) groups excluding carboxylic acids is 1. The maximum absolute atomic E-state index is 12.6. The summed E-state index contributed by atoms with van der Waals surface area (Å²) in [6.45, 7) is 4.41. The molecule has 1 heterocycles. The summed E-state index contributed by atoms with van der Waals surface area (Å²) in [5.74, 6) is 0.739. The van der Waals surface area contributed by atoms with E-state index in [0.717, 1.165) is 37.4 Å². The highest BCUT2D eigenvalue weighted by Crippen LogP contribution is 2.22. The third-order valence-corrected chi connectivity index (χ3v) is 4.06. The molecule has 1 aromatic rings. The number of amides is 1. The van der Waals surface area contributed by atoms with Crippen molar-refractivity contribution in [3.8, 4) is 0 Å². The SMILES string of the molecule is CC1CCCN(C(=O)C(CN)c2ccccc2)CC1. The van der Waals surface area contributed by atoms with Crippen LogP contribution < -0.4 is 5.73 Å². The van der Waals surface area contributed by atoms with Gasteiger partial charge in [0, 0.05) is 19.6 Å². The molecule has 1 aliphatic rings. The maximum Gasteiger partial charge on any atom is 0.231 e. The van der Waals surface area contributed by atoms with Crippen molar-refractivity contribution in [1.29, 1.82) is 0 Å². The molecule has 0 saturated carbocycles. The average Bonchev–Trinajstić information content (AvgIpc) is 2.65. The summed E-state index contributed by atoms with van der Waals surface area (Å²) < 4.78 is 0. The lowest BCUT2D eigenvalue weighted by atomic mass is 9.97. The molecule has 2 atom stereocenters. The minimum Gasteiger partial charge on any atom is -0.342 e. The minimum atomic E-state index is -0.186. The number of hydrogen-bond donors (Lipinski definition) is 1. The van der Waals surface area contributed by atoms with Gasteiger partial charge >= 0.3 is 0 Å². The van der Waals surface area contributed by atoms with Crippen LogP contribution in [0.1, 0.15) is 37.7 Å². The lowest BCUT2D eigenvalue weighted by molar-refractivity contribution is -0.132. The first-order valence-electron chi connectivity index (χ1n) is 7.26. The van der Waals surface area contributed by atoms with Gasteiger partial charge in [0.2, 0.25) is 5.91 Å². The zero-order valence-electron chi connectivity index (χ0n) is 11.7. The van der Waals surface area contributed by atoms with Gasteiger partial charge in [-0.15, -0.1) is 0 Å². The van der Waals surface area contributed by atoms with E-state index in [2.05, 4.69) is 6.92 Å². The van der Waals surface area contributed by atoms with E-state index >= 15 is 0 Å². The quantitative estimate of drug-likeness (QED) is 0.907. The van der Waals surface area contributed by atoms with Crippen molar-refractivity contribution in [2.75, 3.05) is 19.6 Å². The number of hydrogen-bond acceptors (Lipinski definition) is 2. The van der Waals surface area contributed by atoms with Gasteiger partial charge in [0.25, 0.3) is 0 Å². The molecule has 1 aromatic carbocycles. The molecule has 0 aliphatic carbocycles. The second-order valence-corrected chi connectivity index (χ2v) is 5.56. The summed E-state index contributed by atoms with van der Waals surface area (Å²) in [6.07, 6.45) is 3.44. The Morgan fingerprint density at radius 3 is 2.74 bits per heavy atom. The van der Waals surface area contributed by atoms with Crippen LogP contribution >= 0.6 is 0 Å². The van der Waals surface area contributed by atoms with Gasteiger partial charge in [-0.3, -0.25) is 4.79 Å². The standard InChI is InChI=1S/C16H24N2O/c1-13-6-5-10-18(11-9-13)16(19)15(12-17)14-7-3-2-4-8-14/h2-4,7-8,13,15H,5-6,9-12,17H2,1H3. The number of rotatable bonds is 3. The van der Waals surface area contributed by atoms with E-state index in [1.54, 1.807) is 0 Å².